The molecule has 0 radical (unpaired) electrons. The average Bonchev–Trinajstić information content (AvgIpc) is 2.76. The van der Waals surface area contributed by atoms with Crippen LogP contribution in [-0.4, -0.2) is 8.42 Å². The number of anilines is 1. The monoisotopic (exact) mass is 452 g/mol. The number of hydrogen-bond donors (Lipinski definition) is 1. The Morgan fingerprint density at radius 2 is 1.58 bits per heavy atom. The first kappa shape index (κ1) is 22.6. The third-order valence-electron chi connectivity index (χ3n) is 4.68. The molecule has 0 unspecified atom stereocenters. The van der Waals surface area contributed by atoms with E-state index in [0.717, 1.165) is 28.6 Å². The van der Waals surface area contributed by atoms with E-state index >= 15 is 0 Å². The van der Waals surface area contributed by atoms with Crippen molar-refractivity contribution < 1.29 is 12.8 Å². The van der Waals surface area contributed by atoms with E-state index < -0.39 is 14.7 Å². The van der Waals surface area contributed by atoms with Gasteiger partial charge in [-0.05, 0) is 48.7 Å². The predicted molar refractivity (Wildman–Crippen MR) is 124 cm³/mol. The van der Waals surface area contributed by atoms with Crippen LogP contribution in [0, 0.1) is 31.0 Å². The van der Waals surface area contributed by atoms with Gasteiger partial charge in [0, 0.05) is 11.4 Å². The van der Waals surface area contributed by atoms with Crippen molar-refractivity contribution in [3.05, 3.63) is 105 Å². The van der Waals surface area contributed by atoms with Gasteiger partial charge in [0.25, 0.3) is 0 Å². The summed E-state index contributed by atoms with van der Waals surface area (Å²) in [7, 11) is -4.07. The van der Waals surface area contributed by atoms with Crippen LogP contribution in [0.1, 0.15) is 16.7 Å². The van der Waals surface area contributed by atoms with Gasteiger partial charge in [0.05, 0.1) is 4.90 Å². The Labute approximate surface area is 186 Å². The molecule has 3 aromatic carbocycles. The molecule has 0 fully saturated rings. The molecule has 0 aromatic heterocycles. The van der Waals surface area contributed by atoms with Gasteiger partial charge in [-0.3, -0.25) is 0 Å². The molecule has 0 aliphatic heterocycles. The summed E-state index contributed by atoms with van der Waals surface area (Å²) in [5.41, 5.74) is 2.94. The van der Waals surface area contributed by atoms with Crippen LogP contribution in [0.4, 0.5) is 10.1 Å². The standard InChI is InChI=1S/C24H21FN2O2S2/c1-17-9-8-10-18(2)23(17)27-24(30-16-19-11-6-7-14-21(19)25)22(15-26)31(28,29)20-12-4-3-5-13-20/h3-14,27H,16H2,1-2H3/b24-22+. The maximum atomic E-state index is 14.1. The second-order valence-corrected chi connectivity index (χ2v) is 9.73. The van der Waals surface area contributed by atoms with E-state index in [1.807, 2.05) is 38.1 Å². The minimum absolute atomic E-state index is 0.0267. The highest BCUT2D eigenvalue weighted by Gasteiger charge is 2.26. The summed E-state index contributed by atoms with van der Waals surface area (Å²) in [5.74, 6) is -0.221. The lowest BCUT2D eigenvalue weighted by Crippen LogP contribution is -2.11. The summed E-state index contributed by atoms with van der Waals surface area (Å²) < 4.78 is 40.6. The number of aryl methyl sites for hydroxylation is 2. The predicted octanol–water partition coefficient (Wildman–Crippen LogP) is 5.95. The molecule has 0 bridgehead atoms. The Hall–Kier alpha value is -3.08. The number of nitrogens with zero attached hydrogens (tertiary/aromatic N) is 1. The summed E-state index contributed by atoms with van der Waals surface area (Å²) in [4.78, 5) is -0.374. The van der Waals surface area contributed by atoms with E-state index in [1.54, 1.807) is 36.4 Å². The lowest BCUT2D eigenvalue weighted by Gasteiger charge is -2.17. The van der Waals surface area contributed by atoms with E-state index in [1.165, 1.54) is 18.2 Å². The van der Waals surface area contributed by atoms with Crippen LogP contribution in [0.3, 0.4) is 0 Å². The molecule has 0 atom stereocenters. The largest absolute Gasteiger partial charge is 0.348 e. The molecule has 0 aliphatic carbocycles. The van der Waals surface area contributed by atoms with Gasteiger partial charge in [-0.25, -0.2) is 12.8 Å². The highest BCUT2D eigenvalue weighted by molar-refractivity contribution is 8.04. The van der Waals surface area contributed by atoms with Gasteiger partial charge in [0.1, 0.15) is 16.9 Å². The Morgan fingerprint density at radius 1 is 0.968 bits per heavy atom. The number of thioether (sulfide) groups is 1. The molecule has 158 valence electrons. The van der Waals surface area contributed by atoms with Crippen molar-refractivity contribution in [2.24, 2.45) is 0 Å². The number of nitriles is 1. The van der Waals surface area contributed by atoms with Gasteiger partial charge < -0.3 is 5.32 Å². The number of hydrogen-bond acceptors (Lipinski definition) is 5. The van der Waals surface area contributed by atoms with E-state index in [4.69, 9.17) is 0 Å². The number of para-hydroxylation sites is 1. The van der Waals surface area contributed by atoms with Crippen molar-refractivity contribution in [1.29, 1.82) is 5.26 Å². The summed E-state index contributed by atoms with van der Waals surface area (Å²) in [6.45, 7) is 3.79. The van der Waals surface area contributed by atoms with E-state index in [0.29, 0.717) is 5.56 Å². The highest BCUT2D eigenvalue weighted by Crippen LogP contribution is 2.33. The minimum Gasteiger partial charge on any atom is -0.348 e. The molecule has 3 rings (SSSR count). The van der Waals surface area contributed by atoms with Crippen molar-refractivity contribution >= 4 is 27.3 Å². The fourth-order valence-electron chi connectivity index (χ4n) is 3.00. The number of halogens is 1. The molecule has 0 spiro atoms. The van der Waals surface area contributed by atoms with Crippen molar-refractivity contribution in [2.75, 3.05) is 5.32 Å². The van der Waals surface area contributed by atoms with Crippen LogP contribution in [-0.2, 0) is 15.6 Å². The molecule has 0 saturated carbocycles. The maximum Gasteiger partial charge on any atom is 0.219 e. The summed E-state index contributed by atoms with van der Waals surface area (Å²) in [6.07, 6.45) is 0. The fourth-order valence-corrected chi connectivity index (χ4v) is 5.56. The molecule has 0 heterocycles. The highest BCUT2D eigenvalue weighted by atomic mass is 32.2. The van der Waals surface area contributed by atoms with Crippen LogP contribution in [0.2, 0.25) is 0 Å². The molecule has 0 aliphatic rings. The van der Waals surface area contributed by atoms with Gasteiger partial charge in [-0.2, -0.15) is 5.26 Å². The van der Waals surface area contributed by atoms with Crippen molar-refractivity contribution in [3.8, 4) is 6.07 Å². The van der Waals surface area contributed by atoms with Gasteiger partial charge >= 0.3 is 0 Å². The Balaban J connectivity index is 2.11. The van der Waals surface area contributed by atoms with Crippen LogP contribution in [0.5, 0.6) is 0 Å². The maximum absolute atomic E-state index is 14.1. The second kappa shape index (κ2) is 9.82. The zero-order valence-electron chi connectivity index (χ0n) is 17.1. The summed E-state index contributed by atoms with van der Waals surface area (Å²) in [6, 6.07) is 21.7. The number of nitrogens with one attached hydrogen (secondary N) is 1. The van der Waals surface area contributed by atoms with Gasteiger partial charge in [-0.15, -0.1) is 11.8 Å². The zero-order valence-corrected chi connectivity index (χ0v) is 18.7. The minimum atomic E-state index is -4.07. The van der Waals surface area contributed by atoms with Crippen LogP contribution in [0.25, 0.3) is 0 Å². The van der Waals surface area contributed by atoms with E-state index in [-0.39, 0.29) is 21.5 Å². The smallest absolute Gasteiger partial charge is 0.219 e. The topological polar surface area (TPSA) is 70.0 Å². The van der Waals surface area contributed by atoms with Crippen LogP contribution >= 0.6 is 11.8 Å². The first-order valence-electron chi connectivity index (χ1n) is 9.48. The zero-order chi connectivity index (χ0) is 22.4. The first-order valence-corrected chi connectivity index (χ1v) is 12.0. The average molecular weight is 453 g/mol. The quantitative estimate of drug-likeness (QED) is 0.448. The van der Waals surface area contributed by atoms with Crippen molar-refractivity contribution in [2.45, 2.75) is 24.5 Å². The SMILES string of the molecule is Cc1cccc(C)c1N/C(SCc1ccccc1F)=C(/C#N)S(=O)(=O)c1ccccc1. The number of allylic oxidation sites excluding steroid dienone is 1. The third kappa shape index (κ3) is 5.16. The van der Waals surface area contributed by atoms with Gasteiger partial charge in [0.2, 0.25) is 9.84 Å². The Kier molecular flexibility index (Phi) is 7.16. The van der Waals surface area contributed by atoms with Crippen LogP contribution < -0.4 is 5.32 Å². The summed E-state index contributed by atoms with van der Waals surface area (Å²) >= 11 is 1.08. The molecular weight excluding hydrogens is 431 g/mol. The number of benzene rings is 3. The van der Waals surface area contributed by atoms with E-state index in [9.17, 15) is 18.1 Å². The first-order chi connectivity index (χ1) is 14.8. The van der Waals surface area contributed by atoms with Crippen molar-refractivity contribution in [3.63, 3.8) is 0 Å². The summed E-state index contributed by atoms with van der Waals surface area (Å²) in [5, 5.41) is 13.2. The fraction of sp³-hybridized carbons (Fsp3) is 0.125. The number of sulfone groups is 1. The molecular formula is C24H21FN2O2S2. The molecule has 3 aromatic rings. The van der Waals surface area contributed by atoms with Crippen molar-refractivity contribution in [1.82, 2.24) is 0 Å². The normalized spacial score (nSPS) is 12.1. The Morgan fingerprint density at radius 3 is 2.19 bits per heavy atom. The van der Waals surface area contributed by atoms with Gasteiger partial charge in [-0.1, -0.05) is 54.6 Å². The number of rotatable bonds is 7. The Bertz CT molecular complexity index is 1240. The molecule has 0 saturated heterocycles. The molecule has 1 N–H and O–H groups in total. The molecule has 31 heavy (non-hydrogen) atoms. The lowest BCUT2D eigenvalue weighted by molar-refractivity contribution is 0.603. The van der Waals surface area contributed by atoms with Gasteiger partial charge in [0.15, 0.2) is 4.91 Å². The molecule has 7 heteroatoms. The molecule has 0 amide bonds. The van der Waals surface area contributed by atoms with E-state index in [2.05, 4.69) is 5.32 Å². The molecule has 4 nitrogen and oxygen atoms in total. The lowest BCUT2D eigenvalue weighted by atomic mass is 10.1. The van der Waals surface area contributed by atoms with Crippen LogP contribution in [0.15, 0.2) is 87.6 Å². The second-order valence-electron chi connectivity index (χ2n) is 6.86. The third-order valence-corrected chi connectivity index (χ3v) is 7.58.